The molecular weight excluding hydrogens is 616 g/mol. The molecule has 266 valence electrons. The molecule has 1 amide bonds. The molecule has 0 spiro atoms. The van der Waals surface area contributed by atoms with Crippen molar-refractivity contribution in [1.29, 1.82) is 0 Å². The summed E-state index contributed by atoms with van der Waals surface area (Å²) in [6.07, 6.45) is 11.6. The summed E-state index contributed by atoms with van der Waals surface area (Å²) in [5.74, 6) is -0.547. The first-order chi connectivity index (χ1) is 22.8. The molecular formula is C36H54N4O8. The fraction of sp³-hybridized carbons (Fsp3) is 0.750. The second kappa shape index (κ2) is 14.6. The largest absolute Gasteiger partial charge is 0.480 e. The van der Waals surface area contributed by atoms with E-state index in [-0.39, 0.29) is 78.0 Å². The Labute approximate surface area is 282 Å². The van der Waals surface area contributed by atoms with E-state index in [0.29, 0.717) is 31.1 Å². The van der Waals surface area contributed by atoms with E-state index in [4.69, 9.17) is 20.6 Å². The molecule has 0 aromatic carbocycles. The maximum atomic E-state index is 12.8. The molecule has 4 fully saturated rings. The molecule has 4 saturated carbocycles. The van der Waals surface area contributed by atoms with Crippen LogP contribution in [0.5, 0.6) is 0 Å². The standard InChI is InChI=1S/C36H54N4O8/c1-34-16-13-24(48-31(43)8-4-3-7-29(41)40-28(32(44)45)6-5-19-39-33(37)38)20-23(34)10-11-27-26(34)14-17-35(2)25(15-18-36(27,35)46)22-9-12-30(42)47-21-22/h9,12,21,23-28,46H,3-8,10-11,13-20H2,1-2H3,(H,40,41)(H,44,45)(H4,37,38,39)/t23-,24+,25-,26+,27-,28+,34+,35-,36+/m1/s1. The van der Waals surface area contributed by atoms with Gasteiger partial charge in [0.15, 0.2) is 5.96 Å². The van der Waals surface area contributed by atoms with Crippen LogP contribution in [0.3, 0.4) is 0 Å². The summed E-state index contributed by atoms with van der Waals surface area (Å²) in [6, 6.07) is 2.34. The average molecular weight is 671 g/mol. The lowest BCUT2D eigenvalue weighted by atomic mass is 9.43. The molecule has 1 aromatic heterocycles. The lowest BCUT2D eigenvalue weighted by molar-refractivity contribution is -0.207. The summed E-state index contributed by atoms with van der Waals surface area (Å²) in [4.78, 5) is 52.0. The van der Waals surface area contributed by atoms with E-state index in [9.17, 15) is 29.4 Å². The number of aliphatic carboxylic acids is 1. The van der Waals surface area contributed by atoms with Crippen molar-refractivity contribution in [2.45, 2.75) is 134 Å². The molecule has 7 N–H and O–H groups in total. The number of fused-ring (bicyclic) bond motifs is 5. The number of guanidine groups is 1. The van der Waals surface area contributed by atoms with Crippen LogP contribution in [0.1, 0.15) is 122 Å². The highest BCUT2D eigenvalue weighted by atomic mass is 16.5. The minimum atomic E-state index is -1.11. The van der Waals surface area contributed by atoms with E-state index in [0.717, 1.165) is 63.4 Å². The number of hydrogen-bond donors (Lipinski definition) is 5. The van der Waals surface area contributed by atoms with Crippen molar-refractivity contribution < 1.29 is 33.8 Å². The Morgan fingerprint density at radius 2 is 1.79 bits per heavy atom. The quantitative estimate of drug-likeness (QED) is 0.0883. The van der Waals surface area contributed by atoms with Gasteiger partial charge in [-0.2, -0.15) is 0 Å². The van der Waals surface area contributed by atoms with Crippen molar-refractivity contribution in [3.05, 3.63) is 34.4 Å². The van der Waals surface area contributed by atoms with Gasteiger partial charge in [-0.25, -0.2) is 9.59 Å². The van der Waals surface area contributed by atoms with Gasteiger partial charge in [0.05, 0.1) is 11.9 Å². The van der Waals surface area contributed by atoms with Crippen molar-refractivity contribution in [2.24, 2.45) is 45.0 Å². The Hall–Kier alpha value is -3.41. The molecule has 1 heterocycles. The molecule has 0 saturated heterocycles. The highest BCUT2D eigenvalue weighted by molar-refractivity contribution is 5.83. The third kappa shape index (κ3) is 7.28. The zero-order chi connectivity index (χ0) is 34.7. The zero-order valence-corrected chi connectivity index (χ0v) is 28.5. The van der Waals surface area contributed by atoms with Crippen LogP contribution < -0.4 is 22.4 Å². The number of nitrogens with two attached hydrogens (primary N) is 2. The zero-order valence-electron chi connectivity index (χ0n) is 28.5. The Balaban J connectivity index is 1.07. The summed E-state index contributed by atoms with van der Waals surface area (Å²) >= 11 is 0. The van der Waals surface area contributed by atoms with Gasteiger partial charge in [-0.15, -0.1) is 0 Å². The van der Waals surface area contributed by atoms with Crippen LogP contribution in [0.4, 0.5) is 0 Å². The third-order valence-corrected chi connectivity index (χ3v) is 12.8. The molecule has 4 aliphatic carbocycles. The van der Waals surface area contributed by atoms with Crippen molar-refractivity contribution in [2.75, 3.05) is 6.54 Å². The normalized spacial score (nSPS) is 34.5. The summed E-state index contributed by atoms with van der Waals surface area (Å²) in [5.41, 5.74) is 10.3. The number of nitrogens with zero attached hydrogens (tertiary/aromatic N) is 1. The summed E-state index contributed by atoms with van der Waals surface area (Å²) < 4.78 is 11.2. The first-order valence-electron chi connectivity index (χ1n) is 17.8. The molecule has 4 aliphatic rings. The number of carboxylic acids is 1. The Bertz CT molecular complexity index is 1410. The highest BCUT2D eigenvalue weighted by Crippen LogP contribution is 2.70. The fourth-order valence-electron chi connectivity index (χ4n) is 10.2. The lowest BCUT2D eigenvalue weighted by Crippen LogP contribution is -2.62. The van der Waals surface area contributed by atoms with Crippen molar-refractivity contribution >= 4 is 23.8 Å². The number of esters is 1. The van der Waals surface area contributed by atoms with Crippen LogP contribution >= 0.6 is 0 Å². The van der Waals surface area contributed by atoms with E-state index in [1.807, 2.05) is 6.07 Å². The van der Waals surface area contributed by atoms with Gasteiger partial charge >= 0.3 is 17.6 Å². The Kier molecular flexibility index (Phi) is 10.9. The van der Waals surface area contributed by atoms with Gasteiger partial charge in [0, 0.05) is 30.9 Å². The first kappa shape index (κ1) is 35.9. The minimum Gasteiger partial charge on any atom is -0.480 e. The first-order valence-corrected chi connectivity index (χ1v) is 17.8. The number of ether oxygens (including phenoxy) is 1. The number of aliphatic hydroxyl groups is 1. The van der Waals surface area contributed by atoms with E-state index in [1.165, 1.54) is 6.07 Å². The van der Waals surface area contributed by atoms with Gasteiger partial charge in [0.1, 0.15) is 12.1 Å². The lowest BCUT2D eigenvalue weighted by Gasteiger charge is -2.63. The number of carbonyl (C=O) groups is 3. The molecule has 48 heavy (non-hydrogen) atoms. The number of carbonyl (C=O) groups excluding carboxylic acids is 2. The number of amides is 1. The van der Waals surface area contributed by atoms with Crippen molar-refractivity contribution in [3.8, 4) is 0 Å². The summed E-state index contributed by atoms with van der Waals surface area (Å²) in [7, 11) is 0. The molecule has 0 unspecified atom stereocenters. The maximum absolute atomic E-state index is 12.8. The number of aliphatic imine (C=N–C) groups is 1. The number of hydrogen-bond acceptors (Lipinski definition) is 8. The number of carboxylic acid groups (broad SMARTS) is 1. The molecule has 12 heteroatoms. The molecule has 0 aliphatic heterocycles. The van der Waals surface area contributed by atoms with Gasteiger partial charge < -0.3 is 36.2 Å². The second-order valence-electron chi connectivity index (χ2n) is 15.4. The predicted octanol–water partition coefficient (Wildman–Crippen LogP) is 3.98. The Morgan fingerprint density at radius 1 is 1.02 bits per heavy atom. The van der Waals surface area contributed by atoms with Crippen molar-refractivity contribution in [1.82, 2.24) is 5.32 Å². The Morgan fingerprint density at radius 3 is 2.50 bits per heavy atom. The van der Waals surface area contributed by atoms with E-state index >= 15 is 0 Å². The van der Waals surface area contributed by atoms with E-state index in [2.05, 4.69) is 24.2 Å². The SMILES string of the molecule is C[C@]12CC[C@H](OC(=O)CCCCC(=O)N[C@@H](CCCN=C(N)N)C(=O)O)C[C@H]1CC[C@@H]1[C@@H]2CC[C@]2(C)[C@@H](c3ccc(=O)oc3)CC[C@]12O. The average Bonchev–Trinajstić information content (AvgIpc) is 3.32. The molecule has 0 radical (unpaired) electrons. The van der Waals surface area contributed by atoms with Gasteiger partial charge in [0.25, 0.3) is 0 Å². The van der Waals surface area contributed by atoms with Gasteiger partial charge in [0.2, 0.25) is 5.91 Å². The third-order valence-electron chi connectivity index (χ3n) is 12.8. The van der Waals surface area contributed by atoms with Crippen LogP contribution in [-0.4, -0.2) is 58.3 Å². The van der Waals surface area contributed by atoms with Crippen LogP contribution in [0, 0.1) is 28.6 Å². The van der Waals surface area contributed by atoms with Crippen molar-refractivity contribution in [3.63, 3.8) is 0 Å². The van der Waals surface area contributed by atoms with Crippen LogP contribution in [-0.2, 0) is 19.1 Å². The minimum absolute atomic E-state index is 0.0618. The van der Waals surface area contributed by atoms with Gasteiger partial charge in [-0.3, -0.25) is 14.6 Å². The molecule has 12 nitrogen and oxygen atoms in total. The van der Waals surface area contributed by atoms with Crippen LogP contribution in [0.15, 0.2) is 32.6 Å². The van der Waals surface area contributed by atoms with E-state index in [1.54, 1.807) is 6.26 Å². The fourth-order valence-corrected chi connectivity index (χ4v) is 10.2. The van der Waals surface area contributed by atoms with Gasteiger partial charge in [-0.1, -0.05) is 13.8 Å². The smallest absolute Gasteiger partial charge is 0.335 e. The van der Waals surface area contributed by atoms with Crippen LogP contribution in [0.2, 0.25) is 0 Å². The van der Waals surface area contributed by atoms with Gasteiger partial charge in [-0.05, 0) is 124 Å². The molecule has 5 rings (SSSR count). The number of unbranched alkanes of at least 4 members (excludes halogenated alkanes) is 1. The molecule has 9 atom stereocenters. The summed E-state index contributed by atoms with van der Waals surface area (Å²) in [6.45, 7) is 4.93. The topological polar surface area (TPSA) is 208 Å². The van der Waals surface area contributed by atoms with E-state index < -0.39 is 17.6 Å². The molecule has 0 bridgehead atoms. The monoisotopic (exact) mass is 670 g/mol. The van der Waals surface area contributed by atoms with Crippen LogP contribution in [0.25, 0.3) is 0 Å². The maximum Gasteiger partial charge on any atom is 0.335 e. The number of rotatable bonds is 13. The second-order valence-corrected chi connectivity index (χ2v) is 15.4. The predicted molar refractivity (Wildman–Crippen MR) is 179 cm³/mol. The highest BCUT2D eigenvalue weighted by Gasteiger charge is 2.67. The summed E-state index contributed by atoms with van der Waals surface area (Å²) in [5, 5.41) is 24.4. The molecule has 1 aromatic rings. The number of nitrogens with one attached hydrogen (secondary N) is 1.